The summed E-state index contributed by atoms with van der Waals surface area (Å²) in [6.45, 7) is 2.49. The number of carbonyl (C=O) groups is 1. The van der Waals surface area contributed by atoms with Gasteiger partial charge >= 0.3 is 5.97 Å². The van der Waals surface area contributed by atoms with E-state index in [9.17, 15) is 10.0 Å². The zero-order valence-electron chi connectivity index (χ0n) is 10.5. The minimum Gasteiger partial charge on any atom is -0.733 e. The SMILES string of the molecule is CCCCCCOC(=O)c1cccc(N([O-])O)c1. The molecule has 0 atom stereocenters. The van der Waals surface area contributed by atoms with Crippen molar-refractivity contribution in [2.45, 2.75) is 32.6 Å². The Balaban J connectivity index is 2.44. The maximum Gasteiger partial charge on any atom is 0.338 e. The second-order valence-electron chi connectivity index (χ2n) is 4.02. The van der Waals surface area contributed by atoms with E-state index in [-0.39, 0.29) is 16.5 Å². The second kappa shape index (κ2) is 7.68. The van der Waals surface area contributed by atoms with E-state index in [0.717, 1.165) is 25.7 Å². The van der Waals surface area contributed by atoms with Crippen molar-refractivity contribution in [3.63, 3.8) is 0 Å². The highest BCUT2D eigenvalue weighted by Crippen LogP contribution is 2.14. The zero-order chi connectivity index (χ0) is 13.4. The van der Waals surface area contributed by atoms with Crippen molar-refractivity contribution in [2.75, 3.05) is 11.8 Å². The number of hydrogen-bond donors (Lipinski definition) is 1. The molecule has 1 aromatic rings. The maximum absolute atomic E-state index is 11.6. The van der Waals surface area contributed by atoms with Crippen LogP contribution in [0.1, 0.15) is 43.0 Å². The lowest BCUT2D eigenvalue weighted by molar-refractivity contribution is 0.0498. The summed E-state index contributed by atoms with van der Waals surface area (Å²) in [6.07, 6.45) is 4.14. The lowest BCUT2D eigenvalue weighted by atomic mass is 10.2. The van der Waals surface area contributed by atoms with Crippen LogP contribution >= 0.6 is 0 Å². The van der Waals surface area contributed by atoms with Gasteiger partial charge < -0.3 is 15.2 Å². The van der Waals surface area contributed by atoms with Crippen molar-refractivity contribution < 1.29 is 14.7 Å². The number of nitrogens with zero attached hydrogens (tertiary/aromatic N) is 1. The molecule has 0 fully saturated rings. The Morgan fingerprint density at radius 3 is 2.83 bits per heavy atom. The molecule has 5 heteroatoms. The molecule has 0 heterocycles. The van der Waals surface area contributed by atoms with Crippen molar-refractivity contribution in [2.24, 2.45) is 0 Å². The summed E-state index contributed by atoms with van der Waals surface area (Å²) < 4.78 is 5.07. The highest BCUT2D eigenvalue weighted by atomic mass is 16.8. The van der Waals surface area contributed by atoms with Gasteiger partial charge in [0.15, 0.2) is 0 Å². The lowest BCUT2D eigenvalue weighted by Crippen LogP contribution is -2.10. The molecule has 0 aliphatic rings. The average Bonchev–Trinajstić information content (AvgIpc) is 2.38. The number of hydrogen-bond acceptors (Lipinski definition) is 5. The number of carbonyl (C=O) groups excluding carboxylic acids is 1. The van der Waals surface area contributed by atoms with Crippen LogP contribution in [-0.2, 0) is 4.74 Å². The van der Waals surface area contributed by atoms with E-state index in [1.807, 2.05) is 0 Å². The van der Waals surface area contributed by atoms with E-state index in [0.29, 0.717) is 6.61 Å². The van der Waals surface area contributed by atoms with Gasteiger partial charge in [0.1, 0.15) is 0 Å². The monoisotopic (exact) mass is 252 g/mol. The second-order valence-corrected chi connectivity index (χ2v) is 4.02. The first kappa shape index (κ1) is 14.5. The molecule has 0 aliphatic heterocycles. The first-order valence-corrected chi connectivity index (χ1v) is 6.08. The molecule has 0 spiro atoms. The Kier molecular flexibility index (Phi) is 6.18. The third-order valence-electron chi connectivity index (χ3n) is 2.53. The highest BCUT2D eigenvalue weighted by Gasteiger charge is 2.07. The molecular formula is C13H18NO4-. The third-order valence-corrected chi connectivity index (χ3v) is 2.53. The summed E-state index contributed by atoms with van der Waals surface area (Å²) in [5.41, 5.74) is 0.272. The molecule has 1 aromatic carbocycles. The van der Waals surface area contributed by atoms with Gasteiger partial charge in [-0.25, -0.2) is 4.79 Å². The van der Waals surface area contributed by atoms with Gasteiger partial charge in [0.05, 0.1) is 17.9 Å². The number of benzene rings is 1. The summed E-state index contributed by atoms with van der Waals surface area (Å²) in [5, 5.41) is 19.1. The van der Waals surface area contributed by atoms with Crippen LogP contribution in [0.3, 0.4) is 0 Å². The third kappa shape index (κ3) is 4.73. The highest BCUT2D eigenvalue weighted by molar-refractivity contribution is 5.90. The van der Waals surface area contributed by atoms with E-state index in [1.54, 1.807) is 6.07 Å². The van der Waals surface area contributed by atoms with Crippen molar-refractivity contribution in [1.29, 1.82) is 0 Å². The van der Waals surface area contributed by atoms with Crippen LogP contribution in [0.15, 0.2) is 24.3 Å². The van der Waals surface area contributed by atoms with Crippen LogP contribution in [0.2, 0.25) is 0 Å². The zero-order valence-corrected chi connectivity index (χ0v) is 10.5. The predicted octanol–water partition coefficient (Wildman–Crippen LogP) is 3.12. The molecule has 0 saturated heterocycles. The molecule has 0 aliphatic carbocycles. The smallest absolute Gasteiger partial charge is 0.338 e. The Morgan fingerprint density at radius 1 is 1.39 bits per heavy atom. The molecule has 0 unspecified atom stereocenters. The van der Waals surface area contributed by atoms with E-state index in [4.69, 9.17) is 9.94 Å². The Labute approximate surface area is 107 Å². The average molecular weight is 252 g/mol. The molecule has 0 bridgehead atoms. The number of unbranched alkanes of at least 4 members (excludes halogenated alkanes) is 3. The molecule has 1 rings (SSSR count). The Morgan fingerprint density at radius 2 is 2.17 bits per heavy atom. The number of ether oxygens (including phenoxy) is 1. The fourth-order valence-electron chi connectivity index (χ4n) is 1.53. The molecule has 1 N–H and O–H groups in total. The van der Waals surface area contributed by atoms with Gasteiger partial charge in [-0.15, -0.1) is 0 Å². The molecule has 0 saturated carbocycles. The summed E-state index contributed by atoms with van der Waals surface area (Å²) in [5.74, 6) is -0.477. The van der Waals surface area contributed by atoms with Crippen LogP contribution in [0.25, 0.3) is 0 Å². The van der Waals surface area contributed by atoms with E-state index < -0.39 is 5.97 Å². The lowest BCUT2D eigenvalue weighted by Gasteiger charge is -2.21. The van der Waals surface area contributed by atoms with Gasteiger partial charge in [-0.05, 0) is 24.6 Å². The molecule has 0 amide bonds. The summed E-state index contributed by atoms with van der Waals surface area (Å²) in [4.78, 5) is 11.6. The molecular weight excluding hydrogens is 234 g/mol. The first-order valence-electron chi connectivity index (χ1n) is 6.08. The van der Waals surface area contributed by atoms with Crippen molar-refractivity contribution in [3.8, 4) is 0 Å². The Hall–Kier alpha value is -1.59. The number of anilines is 1. The van der Waals surface area contributed by atoms with E-state index in [1.165, 1.54) is 18.2 Å². The number of esters is 1. The van der Waals surface area contributed by atoms with E-state index >= 15 is 0 Å². The standard InChI is InChI=1S/C13H18NO4/c1-2-3-4-5-9-18-13(15)11-7-6-8-12(10-11)14(16)17/h6-8,10,16H,2-5,9H2,1H3/q-1. The topological polar surface area (TPSA) is 72.8 Å². The fourth-order valence-corrected chi connectivity index (χ4v) is 1.53. The molecule has 100 valence electrons. The van der Waals surface area contributed by atoms with Crippen LogP contribution in [0.5, 0.6) is 0 Å². The fraction of sp³-hybridized carbons (Fsp3) is 0.462. The van der Waals surface area contributed by atoms with Crippen LogP contribution < -0.4 is 5.23 Å². The van der Waals surface area contributed by atoms with Gasteiger partial charge in [-0.2, -0.15) is 0 Å². The van der Waals surface area contributed by atoms with Crippen molar-refractivity contribution in [1.82, 2.24) is 0 Å². The first-order chi connectivity index (χ1) is 8.65. The summed E-state index contributed by atoms with van der Waals surface area (Å²) >= 11 is 0. The molecule has 5 nitrogen and oxygen atoms in total. The largest absolute Gasteiger partial charge is 0.733 e. The van der Waals surface area contributed by atoms with Gasteiger partial charge in [-0.1, -0.05) is 32.3 Å². The van der Waals surface area contributed by atoms with Gasteiger partial charge in [0, 0.05) is 0 Å². The van der Waals surface area contributed by atoms with Crippen LogP contribution in [0, 0.1) is 5.21 Å². The summed E-state index contributed by atoms with van der Waals surface area (Å²) in [7, 11) is 0. The van der Waals surface area contributed by atoms with Crippen LogP contribution in [-0.4, -0.2) is 17.8 Å². The van der Waals surface area contributed by atoms with E-state index in [2.05, 4.69) is 6.92 Å². The maximum atomic E-state index is 11.6. The molecule has 0 aromatic heterocycles. The quantitative estimate of drug-likeness (QED) is 0.458. The normalized spacial score (nSPS) is 10.2. The Bertz CT molecular complexity index is 379. The van der Waals surface area contributed by atoms with Crippen molar-refractivity contribution in [3.05, 3.63) is 35.0 Å². The van der Waals surface area contributed by atoms with Gasteiger partial charge in [0.25, 0.3) is 0 Å². The van der Waals surface area contributed by atoms with Gasteiger partial charge in [-0.3, -0.25) is 5.21 Å². The number of rotatable bonds is 7. The minimum absolute atomic E-state index is 0.00966. The predicted molar refractivity (Wildman–Crippen MR) is 68.5 cm³/mol. The molecule has 0 radical (unpaired) electrons. The molecule has 18 heavy (non-hydrogen) atoms. The van der Waals surface area contributed by atoms with Crippen molar-refractivity contribution >= 4 is 11.7 Å². The van der Waals surface area contributed by atoms with Crippen LogP contribution in [0.4, 0.5) is 5.69 Å². The summed E-state index contributed by atoms with van der Waals surface area (Å²) in [6, 6.07) is 5.76. The minimum atomic E-state index is -0.477. The van der Waals surface area contributed by atoms with Gasteiger partial charge in [0.2, 0.25) is 0 Å².